The summed E-state index contributed by atoms with van der Waals surface area (Å²) in [6.45, 7) is 0.407. The minimum absolute atomic E-state index is 0.315. The molecular weight excluding hydrogens is 360 g/mol. The molecule has 3 rings (SSSR count). The van der Waals surface area contributed by atoms with E-state index in [2.05, 4.69) is 4.98 Å². The summed E-state index contributed by atoms with van der Waals surface area (Å²) >= 11 is 3.02. The molecule has 0 saturated carbocycles. The van der Waals surface area contributed by atoms with Crippen molar-refractivity contribution in [1.29, 1.82) is 0 Å². The molecular formula is C17H16N2O2S3. The van der Waals surface area contributed by atoms with Crippen molar-refractivity contribution in [3.05, 3.63) is 59.7 Å². The smallest absolute Gasteiger partial charge is 0.175 e. The highest BCUT2D eigenvalue weighted by Gasteiger charge is 2.13. The zero-order valence-corrected chi connectivity index (χ0v) is 15.4. The molecule has 0 aliphatic carbocycles. The summed E-state index contributed by atoms with van der Waals surface area (Å²) in [5.74, 6) is 0. The van der Waals surface area contributed by atoms with Crippen LogP contribution in [-0.2, 0) is 16.4 Å². The number of hydrogen-bond acceptors (Lipinski definition) is 6. The van der Waals surface area contributed by atoms with E-state index in [-0.39, 0.29) is 0 Å². The molecule has 1 heterocycles. The van der Waals surface area contributed by atoms with Gasteiger partial charge in [-0.25, -0.2) is 13.4 Å². The Bertz CT molecular complexity index is 951. The summed E-state index contributed by atoms with van der Waals surface area (Å²) in [5, 5.41) is 0.861. The largest absolute Gasteiger partial charge is 0.325 e. The predicted octanol–water partition coefficient (Wildman–Crippen LogP) is 3.82. The third-order valence-corrected chi connectivity index (χ3v) is 6.53. The summed E-state index contributed by atoms with van der Waals surface area (Å²) in [5.41, 5.74) is 7.46. The fourth-order valence-electron chi connectivity index (χ4n) is 2.19. The zero-order valence-electron chi connectivity index (χ0n) is 13.0. The van der Waals surface area contributed by atoms with Crippen LogP contribution < -0.4 is 5.73 Å². The first-order valence-corrected chi connectivity index (χ1v) is 10.7. The monoisotopic (exact) mass is 376 g/mol. The highest BCUT2D eigenvalue weighted by Crippen LogP contribution is 2.36. The number of sulfone groups is 1. The Hall–Kier alpha value is -1.67. The molecule has 0 saturated heterocycles. The van der Waals surface area contributed by atoms with Crippen LogP contribution in [0.15, 0.2) is 68.7 Å². The molecule has 0 aliphatic rings. The molecule has 24 heavy (non-hydrogen) atoms. The van der Waals surface area contributed by atoms with Crippen molar-refractivity contribution in [3.63, 3.8) is 0 Å². The van der Waals surface area contributed by atoms with E-state index in [0.29, 0.717) is 11.4 Å². The maximum absolute atomic E-state index is 12.0. The van der Waals surface area contributed by atoms with Crippen molar-refractivity contribution in [3.8, 4) is 11.1 Å². The third kappa shape index (κ3) is 4.05. The van der Waals surface area contributed by atoms with E-state index in [9.17, 15) is 8.42 Å². The topological polar surface area (TPSA) is 73.0 Å². The molecule has 0 bridgehead atoms. The fraction of sp³-hybridized carbons (Fsp3) is 0.118. The summed E-state index contributed by atoms with van der Waals surface area (Å²) in [4.78, 5) is 5.42. The lowest BCUT2D eigenvalue weighted by atomic mass is 10.1. The molecule has 7 heteroatoms. The van der Waals surface area contributed by atoms with Gasteiger partial charge in [0, 0.05) is 17.7 Å². The summed E-state index contributed by atoms with van der Waals surface area (Å²) in [7, 11) is -3.29. The van der Waals surface area contributed by atoms with Gasteiger partial charge in [-0.1, -0.05) is 42.1 Å². The van der Waals surface area contributed by atoms with E-state index in [1.807, 2.05) is 36.4 Å². The second-order valence-corrected chi connectivity index (χ2v) is 9.72. The first-order valence-electron chi connectivity index (χ1n) is 7.19. The summed E-state index contributed by atoms with van der Waals surface area (Å²) in [6, 6.07) is 15.2. The SMILES string of the molecule is CS(=O)(=O)c1cc(Sc2cnc(CN)s2)cc(-c2ccccc2)c1. The molecule has 0 fully saturated rings. The average molecular weight is 377 g/mol. The van der Waals surface area contributed by atoms with Crippen molar-refractivity contribution in [2.45, 2.75) is 20.5 Å². The number of benzene rings is 2. The molecule has 2 N–H and O–H groups in total. The maximum Gasteiger partial charge on any atom is 0.175 e. The third-order valence-electron chi connectivity index (χ3n) is 3.34. The van der Waals surface area contributed by atoms with Gasteiger partial charge in [-0.05, 0) is 29.3 Å². The van der Waals surface area contributed by atoms with E-state index in [1.165, 1.54) is 29.4 Å². The first-order chi connectivity index (χ1) is 11.5. The normalized spacial score (nSPS) is 11.6. The highest BCUT2D eigenvalue weighted by molar-refractivity contribution is 8.01. The average Bonchev–Trinajstić information content (AvgIpc) is 3.02. The van der Waals surface area contributed by atoms with Crippen LogP contribution in [0.3, 0.4) is 0 Å². The maximum atomic E-state index is 12.0. The molecule has 0 atom stereocenters. The van der Waals surface area contributed by atoms with Crippen LogP contribution in [0.4, 0.5) is 0 Å². The van der Waals surface area contributed by atoms with Crippen LogP contribution in [0, 0.1) is 0 Å². The number of nitrogens with two attached hydrogens (primary N) is 1. The Kier molecular flexibility index (Phi) is 5.05. The van der Waals surface area contributed by atoms with Gasteiger partial charge >= 0.3 is 0 Å². The minimum atomic E-state index is -3.29. The summed E-state index contributed by atoms with van der Waals surface area (Å²) in [6.07, 6.45) is 3.00. The molecule has 0 unspecified atom stereocenters. The Morgan fingerprint density at radius 3 is 2.50 bits per heavy atom. The lowest BCUT2D eigenvalue weighted by molar-refractivity contribution is 0.601. The second kappa shape index (κ2) is 7.06. The quantitative estimate of drug-likeness (QED) is 0.733. The standard InChI is InChI=1S/C17H16N2O2S3/c1-24(20,21)15-8-13(12-5-3-2-4-6-12)7-14(9-15)22-17-11-19-16(10-18)23-17/h2-9,11H,10,18H2,1H3. The van der Waals surface area contributed by atoms with Gasteiger partial charge in [-0.15, -0.1) is 11.3 Å². The Labute approximate surface area is 149 Å². The van der Waals surface area contributed by atoms with Gasteiger partial charge < -0.3 is 5.73 Å². The number of hydrogen-bond donors (Lipinski definition) is 1. The van der Waals surface area contributed by atoms with Crippen LogP contribution in [0.25, 0.3) is 11.1 Å². The van der Waals surface area contributed by atoms with Crippen LogP contribution in [0.1, 0.15) is 5.01 Å². The van der Waals surface area contributed by atoms with E-state index in [4.69, 9.17) is 5.73 Å². The predicted molar refractivity (Wildman–Crippen MR) is 99.1 cm³/mol. The van der Waals surface area contributed by atoms with Gasteiger partial charge in [0.1, 0.15) is 5.01 Å². The number of nitrogens with zero attached hydrogens (tertiary/aromatic N) is 1. The first kappa shape index (κ1) is 17.2. The number of aromatic nitrogens is 1. The zero-order chi connectivity index (χ0) is 17.2. The molecule has 124 valence electrons. The second-order valence-electron chi connectivity index (χ2n) is 5.21. The van der Waals surface area contributed by atoms with E-state index in [1.54, 1.807) is 18.3 Å². The van der Waals surface area contributed by atoms with Crippen LogP contribution in [0.5, 0.6) is 0 Å². The number of thiazole rings is 1. The van der Waals surface area contributed by atoms with Crippen molar-refractivity contribution in [1.82, 2.24) is 4.98 Å². The minimum Gasteiger partial charge on any atom is -0.325 e. The number of rotatable bonds is 5. The van der Waals surface area contributed by atoms with Gasteiger partial charge in [0.15, 0.2) is 9.84 Å². The van der Waals surface area contributed by atoms with Gasteiger partial charge in [0.2, 0.25) is 0 Å². The van der Waals surface area contributed by atoms with E-state index >= 15 is 0 Å². The van der Waals surface area contributed by atoms with Crippen molar-refractivity contribution < 1.29 is 8.42 Å². The van der Waals surface area contributed by atoms with Crippen LogP contribution in [0.2, 0.25) is 0 Å². The van der Waals surface area contributed by atoms with Gasteiger partial charge in [-0.3, -0.25) is 0 Å². The van der Waals surface area contributed by atoms with Gasteiger partial charge in [0.25, 0.3) is 0 Å². The van der Waals surface area contributed by atoms with E-state index in [0.717, 1.165) is 25.2 Å². The lowest BCUT2D eigenvalue weighted by Gasteiger charge is -2.08. The highest BCUT2D eigenvalue weighted by atomic mass is 32.2. The Balaban J connectivity index is 2.05. The van der Waals surface area contributed by atoms with Gasteiger partial charge in [-0.2, -0.15) is 0 Å². The Morgan fingerprint density at radius 2 is 1.88 bits per heavy atom. The van der Waals surface area contributed by atoms with Crippen LogP contribution >= 0.6 is 23.1 Å². The van der Waals surface area contributed by atoms with Crippen LogP contribution in [-0.4, -0.2) is 19.7 Å². The molecule has 2 aromatic carbocycles. The van der Waals surface area contributed by atoms with Crippen molar-refractivity contribution >= 4 is 32.9 Å². The molecule has 1 aromatic heterocycles. The molecule has 0 radical (unpaired) electrons. The molecule has 0 aliphatic heterocycles. The molecule has 4 nitrogen and oxygen atoms in total. The molecule has 0 amide bonds. The Morgan fingerprint density at radius 1 is 1.12 bits per heavy atom. The van der Waals surface area contributed by atoms with Gasteiger partial charge in [0.05, 0.1) is 15.3 Å². The molecule has 3 aromatic rings. The van der Waals surface area contributed by atoms with Crippen molar-refractivity contribution in [2.75, 3.05) is 6.26 Å². The lowest BCUT2D eigenvalue weighted by Crippen LogP contribution is -1.97. The molecule has 0 spiro atoms. The van der Waals surface area contributed by atoms with Crippen molar-refractivity contribution in [2.24, 2.45) is 5.73 Å². The van der Waals surface area contributed by atoms with E-state index < -0.39 is 9.84 Å². The fourth-order valence-corrected chi connectivity index (χ4v) is 4.93. The summed E-state index contributed by atoms with van der Waals surface area (Å²) < 4.78 is 25.1.